The van der Waals surface area contributed by atoms with Crippen molar-refractivity contribution in [2.75, 3.05) is 7.11 Å². The van der Waals surface area contributed by atoms with Crippen LogP contribution in [0.3, 0.4) is 0 Å². The van der Waals surface area contributed by atoms with Crippen LogP contribution >= 0.6 is 11.8 Å². The van der Waals surface area contributed by atoms with Gasteiger partial charge in [0.15, 0.2) is 0 Å². The number of hydrogen-bond acceptors (Lipinski definition) is 3. The van der Waals surface area contributed by atoms with E-state index in [1.54, 1.807) is 18.9 Å². The molecule has 0 atom stereocenters. The number of ether oxygens (including phenoxy) is 1. The van der Waals surface area contributed by atoms with E-state index < -0.39 is 0 Å². The Morgan fingerprint density at radius 2 is 1.52 bits per heavy atom. The van der Waals surface area contributed by atoms with Crippen molar-refractivity contribution in [3.05, 3.63) is 84.4 Å². The molecule has 0 fully saturated rings. The zero-order valence-electron chi connectivity index (χ0n) is 12.8. The van der Waals surface area contributed by atoms with Crippen LogP contribution in [0.15, 0.2) is 93.6 Å². The molecule has 0 aliphatic heterocycles. The molecule has 0 saturated heterocycles. The number of methoxy groups -OCH3 is 1. The molecule has 0 spiro atoms. The minimum atomic E-state index is 0.837. The van der Waals surface area contributed by atoms with Gasteiger partial charge in [-0.05, 0) is 42.5 Å². The highest BCUT2D eigenvalue weighted by Crippen LogP contribution is 2.29. The summed E-state index contributed by atoms with van der Waals surface area (Å²) in [6.45, 7) is 0. The van der Waals surface area contributed by atoms with Gasteiger partial charge in [-0.15, -0.1) is 0 Å². The van der Waals surface area contributed by atoms with Gasteiger partial charge in [0, 0.05) is 21.6 Å². The zero-order chi connectivity index (χ0) is 15.9. The van der Waals surface area contributed by atoms with E-state index in [0.717, 1.165) is 17.0 Å². The lowest BCUT2D eigenvalue weighted by atomic mass is 10.2. The lowest BCUT2D eigenvalue weighted by molar-refractivity contribution is 0.415. The molecule has 3 heteroatoms. The van der Waals surface area contributed by atoms with Crippen LogP contribution in [0.1, 0.15) is 5.56 Å². The minimum Gasteiger partial charge on any atom is -0.497 e. The van der Waals surface area contributed by atoms with E-state index in [1.807, 2.05) is 42.6 Å². The maximum absolute atomic E-state index is 5.16. The standard InChI is InChI=1S/C20H17NOS/c1-22-18-13-11-17(12-14-18)21-15-16-7-5-6-10-20(16)23-19-8-3-2-4-9-19/h2-15H,1H3. The summed E-state index contributed by atoms with van der Waals surface area (Å²) in [7, 11) is 1.66. The van der Waals surface area contributed by atoms with Gasteiger partial charge in [0.05, 0.1) is 12.8 Å². The summed E-state index contributed by atoms with van der Waals surface area (Å²) in [4.78, 5) is 6.97. The largest absolute Gasteiger partial charge is 0.497 e. The van der Waals surface area contributed by atoms with Crippen LogP contribution in [-0.2, 0) is 0 Å². The molecule has 0 radical (unpaired) electrons. The topological polar surface area (TPSA) is 21.6 Å². The van der Waals surface area contributed by atoms with E-state index >= 15 is 0 Å². The van der Waals surface area contributed by atoms with E-state index in [1.165, 1.54) is 9.79 Å². The Morgan fingerprint density at radius 1 is 0.826 bits per heavy atom. The van der Waals surface area contributed by atoms with Gasteiger partial charge in [0.1, 0.15) is 5.75 Å². The Hall–Kier alpha value is -2.52. The summed E-state index contributed by atoms with van der Waals surface area (Å²) < 4.78 is 5.16. The molecule has 0 aromatic heterocycles. The minimum absolute atomic E-state index is 0.837. The van der Waals surface area contributed by atoms with Crippen molar-refractivity contribution in [1.29, 1.82) is 0 Å². The molecule has 0 saturated carbocycles. The molecule has 3 aromatic carbocycles. The van der Waals surface area contributed by atoms with E-state index in [0.29, 0.717) is 0 Å². The Morgan fingerprint density at radius 3 is 2.26 bits per heavy atom. The van der Waals surface area contributed by atoms with Crippen LogP contribution in [0.5, 0.6) is 5.75 Å². The Kier molecular flexibility index (Phi) is 5.12. The lowest BCUT2D eigenvalue weighted by Gasteiger charge is -2.05. The van der Waals surface area contributed by atoms with Gasteiger partial charge in [0.25, 0.3) is 0 Å². The van der Waals surface area contributed by atoms with Crippen molar-refractivity contribution >= 4 is 23.7 Å². The molecule has 0 aliphatic rings. The number of nitrogens with zero attached hydrogens (tertiary/aromatic N) is 1. The summed E-state index contributed by atoms with van der Waals surface area (Å²) in [6.07, 6.45) is 1.91. The van der Waals surface area contributed by atoms with E-state index in [2.05, 4.69) is 47.5 Å². The van der Waals surface area contributed by atoms with Crippen LogP contribution in [0.2, 0.25) is 0 Å². The number of hydrogen-bond donors (Lipinski definition) is 0. The normalized spacial score (nSPS) is 10.8. The molecule has 0 heterocycles. The van der Waals surface area contributed by atoms with Gasteiger partial charge in [-0.2, -0.15) is 0 Å². The third-order valence-corrected chi connectivity index (χ3v) is 4.41. The molecule has 0 amide bonds. The van der Waals surface area contributed by atoms with E-state index in [-0.39, 0.29) is 0 Å². The quantitative estimate of drug-likeness (QED) is 0.571. The molecule has 0 unspecified atom stereocenters. The van der Waals surface area contributed by atoms with Crippen molar-refractivity contribution in [1.82, 2.24) is 0 Å². The molecule has 114 valence electrons. The first-order valence-corrected chi connectivity index (χ1v) is 8.17. The first kappa shape index (κ1) is 15.4. The third-order valence-electron chi connectivity index (χ3n) is 3.32. The zero-order valence-corrected chi connectivity index (χ0v) is 13.7. The highest BCUT2D eigenvalue weighted by atomic mass is 32.2. The molecule has 2 nitrogen and oxygen atoms in total. The Bertz CT molecular complexity index is 782. The van der Waals surface area contributed by atoms with Crippen LogP contribution in [0.4, 0.5) is 5.69 Å². The average molecular weight is 319 g/mol. The molecule has 0 bridgehead atoms. The predicted octanol–water partition coefficient (Wildman–Crippen LogP) is 5.60. The van der Waals surface area contributed by atoms with E-state index in [9.17, 15) is 0 Å². The second-order valence-corrected chi connectivity index (χ2v) is 6.02. The number of rotatable bonds is 5. The monoisotopic (exact) mass is 319 g/mol. The molecular formula is C20H17NOS. The summed E-state index contributed by atoms with van der Waals surface area (Å²) >= 11 is 1.74. The fourth-order valence-electron chi connectivity index (χ4n) is 2.11. The molecule has 0 N–H and O–H groups in total. The van der Waals surface area contributed by atoms with Crippen molar-refractivity contribution in [2.24, 2.45) is 4.99 Å². The Balaban J connectivity index is 1.80. The summed E-state index contributed by atoms with van der Waals surface area (Å²) in [5.74, 6) is 0.837. The lowest BCUT2D eigenvalue weighted by Crippen LogP contribution is -1.85. The summed E-state index contributed by atoms with van der Waals surface area (Å²) in [5.41, 5.74) is 2.02. The van der Waals surface area contributed by atoms with Crippen LogP contribution in [0.25, 0.3) is 0 Å². The molecular weight excluding hydrogens is 302 g/mol. The van der Waals surface area contributed by atoms with Crippen LogP contribution in [0, 0.1) is 0 Å². The van der Waals surface area contributed by atoms with Gasteiger partial charge < -0.3 is 4.74 Å². The van der Waals surface area contributed by atoms with Gasteiger partial charge in [-0.1, -0.05) is 48.2 Å². The molecule has 3 aromatic rings. The van der Waals surface area contributed by atoms with Crippen LogP contribution < -0.4 is 4.74 Å². The fourth-order valence-corrected chi connectivity index (χ4v) is 3.04. The predicted molar refractivity (Wildman–Crippen MR) is 97.3 cm³/mol. The van der Waals surface area contributed by atoms with Crippen molar-refractivity contribution in [3.8, 4) is 5.75 Å². The van der Waals surface area contributed by atoms with Gasteiger partial charge in [-0.25, -0.2) is 0 Å². The number of benzene rings is 3. The fraction of sp³-hybridized carbons (Fsp3) is 0.0500. The van der Waals surface area contributed by atoms with Crippen molar-refractivity contribution in [3.63, 3.8) is 0 Å². The molecule has 0 aliphatic carbocycles. The second-order valence-electron chi connectivity index (χ2n) is 4.91. The van der Waals surface area contributed by atoms with Crippen molar-refractivity contribution in [2.45, 2.75) is 9.79 Å². The van der Waals surface area contributed by atoms with Gasteiger partial charge in [-0.3, -0.25) is 4.99 Å². The molecule has 3 rings (SSSR count). The smallest absolute Gasteiger partial charge is 0.119 e. The molecule has 23 heavy (non-hydrogen) atoms. The van der Waals surface area contributed by atoms with Crippen molar-refractivity contribution < 1.29 is 4.74 Å². The number of aliphatic imine (C=N–C) groups is 1. The third kappa shape index (κ3) is 4.24. The highest BCUT2D eigenvalue weighted by molar-refractivity contribution is 7.99. The summed E-state index contributed by atoms with van der Waals surface area (Å²) in [6, 6.07) is 26.4. The van der Waals surface area contributed by atoms with Gasteiger partial charge in [0.2, 0.25) is 0 Å². The maximum atomic E-state index is 5.16. The first-order chi connectivity index (χ1) is 11.3. The highest BCUT2D eigenvalue weighted by Gasteiger charge is 2.02. The van der Waals surface area contributed by atoms with Gasteiger partial charge >= 0.3 is 0 Å². The van der Waals surface area contributed by atoms with E-state index in [4.69, 9.17) is 4.74 Å². The SMILES string of the molecule is COc1ccc(N=Cc2ccccc2Sc2ccccc2)cc1. The maximum Gasteiger partial charge on any atom is 0.119 e. The average Bonchev–Trinajstić information content (AvgIpc) is 2.62. The first-order valence-electron chi connectivity index (χ1n) is 7.35. The second kappa shape index (κ2) is 7.65. The van der Waals surface area contributed by atoms with Crippen LogP contribution in [-0.4, -0.2) is 13.3 Å². The summed E-state index contributed by atoms with van der Waals surface area (Å²) in [5, 5.41) is 0. The Labute approximate surface area is 140 Å².